The van der Waals surface area contributed by atoms with Crippen LogP contribution in [0.5, 0.6) is 0 Å². The van der Waals surface area contributed by atoms with E-state index in [0.29, 0.717) is 28.3 Å². The Hall–Kier alpha value is -3.33. The number of rotatable bonds is 6. The number of aliphatic carboxylic acids is 1. The first-order valence-electron chi connectivity index (χ1n) is 8.53. The highest BCUT2D eigenvalue weighted by molar-refractivity contribution is 7.14. The summed E-state index contributed by atoms with van der Waals surface area (Å²) in [5.74, 6) is -1.01. The number of anilines is 1. The van der Waals surface area contributed by atoms with Crippen LogP contribution in [0.2, 0.25) is 0 Å². The van der Waals surface area contributed by atoms with Crippen LogP contribution in [-0.2, 0) is 16.1 Å². The number of fused-ring (bicyclic) bond motifs is 1. The van der Waals surface area contributed by atoms with Crippen LogP contribution >= 0.6 is 11.3 Å². The molecule has 144 valence electrons. The van der Waals surface area contributed by atoms with E-state index in [2.05, 4.69) is 9.97 Å². The van der Waals surface area contributed by atoms with Gasteiger partial charge in [-0.05, 0) is 31.2 Å². The van der Waals surface area contributed by atoms with E-state index in [9.17, 15) is 14.4 Å². The van der Waals surface area contributed by atoms with Gasteiger partial charge in [0.1, 0.15) is 12.4 Å². The second kappa shape index (κ2) is 8.13. The molecule has 8 nitrogen and oxygen atoms in total. The van der Waals surface area contributed by atoms with Gasteiger partial charge in [0.25, 0.3) is 5.56 Å². The molecule has 9 heteroatoms. The quantitative estimate of drug-likeness (QED) is 0.684. The normalized spacial score (nSPS) is 11.2. The molecule has 1 N–H and O–H groups in total. The highest BCUT2D eigenvalue weighted by Crippen LogP contribution is 2.22. The van der Waals surface area contributed by atoms with Gasteiger partial charge in [-0.2, -0.15) is 0 Å². The molecule has 2 aromatic heterocycles. The Morgan fingerprint density at radius 2 is 2.00 bits per heavy atom. The first-order valence-corrected chi connectivity index (χ1v) is 9.41. The van der Waals surface area contributed by atoms with Crippen molar-refractivity contribution >= 4 is 51.4 Å². The average Bonchev–Trinajstić information content (AvgIpc) is 3.11. The zero-order valence-corrected chi connectivity index (χ0v) is 16.1. The molecule has 0 fully saturated rings. The summed E-state index contributed by atoms with van der Waals surface area (Å²) < 4.78 is 1.11. The fourth-order valence-corrected chi connectivity index (χ4v) is 3.63. The molecule has 0 atom stereocenters. The summed E-state index contributed by atoms with van der Waals surface area (Å²) in [7, 11) is 0. The molecular formula is C19H18N4O4S. The number of carboxylic acids is 1. The SMILES string of the molecule is CCN(C(C)=O)c1nc(/C=C/c2nc3ccccc3c(=O)n2CC(=O)O)cs1. The lowest BCUT2D eigenvalue weighted by atomic mass is 10.2. The zero-order chi connectivity index (χ0) is 20.3. The minimum Gasteiger partial charge on any atom is -0.480 e. The summed E-state index contributed by atoms with van der Waals surface area (Å²) in [6.07, 6.45) is 3.20. The van der Waals surface area contributed by atoms with Crippen molar-refractivity contribution in [1.29, 1.82) is 0 Å². The molecule has 0 saturated carbocycles. The molecule has 1 aromatic carbocycles. The van der Waals surface area contributed by atoms with Crippen molar-refractivity contribution in [2.24, 2.45) is 0 Å². The minimum absolute atomic E-state index is 0.0983. The number of hydrogen-bond acceptors (Lipinski definition) is 6. The number of carboxylic acid groups (broad SMARTS) is 1. The molecule has 0 aliphatic rings. The summed E-state index contributed by atoms with van der Waals surface area (Å²) in [5, 5.41) is 11.9. The molecule has 0 bridgehead atoms. The highest BCUT2D eigenvalue weighted by atomic mass is 32.1. The molecule has 0 radical (unpaired) electrons. The Bertz CT molecular complexity index is 1130. The van der Waals surface area contributed by atoms with E-state index in [1.807, 2.05) is 6.92 Å². The van der Waals surface area contributed by atoms with E-state index in [1.165, 1.54) is 18.3 Å². The number of thiazole rings is 1. The monoisotopic (exact) mass is 398 g/mol. The summed E-state index contributed by atoms with van der Waals surface area (Å²) in [4.78, 5) is 45.9. The third kappa shape index (κ3) is 3.99. The molecule has 0 aliphatic heterocycles. The number of benzene rings is 1. The zero-order valence-electron chi connectivity index (χ0n) is 15.3. The van der Waals surface area contributed by atoms with Crippen LogP contribution in [0.25, 0.3) is 23.1 Å². The van der Waals surface area contributed by atoms with Gasteiger partial charge in [0.15, 0.2) is 5.13 Å². The second-order valence-corrected chi connectivity index (χ2v) is 6.76. The van der Waals surface area contributed by atoms with Gasteiger partial charge in [-0.3, -0.25) is 23.9 Å². The molecule has 2 heterocycles. The van der Waals surface area contributed by atoms with Gasteiger partial charge in [0.2, 0.25) is 5.91 Å². The summed E-state index contributed by atoms with van der Waals surface area (Å²) in [5.41, 5.74) is 0.658. The Kier molecular flexibility index (Phi) is 5.65. The molecule has 0 spiro atoms. The van der Waals surface area contributed by atoms with Crippen molar-refractivity contribution in [3.63, 3.8) is 0 Å². The highest BCUT2D eigenvalue weighted by Gasteiger charge is 2.14. The van der Waals surface area contributed by atoms with Crippen molar-refractivity contribution in [2.75, 3.05) is 11.4 Å². The molecule has 3 rings (SSSR count). The average molecular weight is 398 g/mol. The van der Waals surface area contributed by atoms with Gasteiger partial charge in [-0.1, -0.05) is 12.1 Å². The van der Waals surface area contributed by atoms with Crippen LogP contribution in [0, 0.1) is 0 Å². The van der Waals surface area contributed by atoms with Crippen molar-refractivity contribution in [3.05, 3.63) is 51.5 Å². The van der Waals surface area contributed by atoms with Gasteiger partial charge < -0.3 is 5.11 Å². The number of aromatic nitrogens is 3. The third-order valence-corrected chi connectivity index (χ3v) is 4.91. The second-order valence-electron chi connectivity index (χ2n) is 5.92. The largest absolute Gasteiger partial charge is 0.480 e. The number of nitrogens with zero attached hydrogens (tertiary/aromatic N) is 4. The lowest BCUT2D eigenvalue weighted by Crippen LogP contribution is -2.27. The van der Waals surface area contributed by atoms with Crippen LogP contribution in [0.1, 0.15) is 25.4 Å². The van der Waals surface area contributed by atoms with Crippen LogP contribution in [0.15, 0.2) is 34.4 Å². The fourth-order valence-electron chi connectivity index (χ4n) is 2.73. The standard InChI is InChI=1S/C19H18N4O4S/c1-3-22(12(2)24)19-20-13(11-28-19)8-9-16-21-15-7-5-4-6-14(15)18(27)23(16)10-17(25)26/h4-9,11H,3,10H2,1-2H3,(H,25,26)/b9-8+. The first kappa shape index (κ1) is 19.4. The van der Waals surface area contributed by atoms with E-state index in [1.54, 1.807) is 46.7 Å². The number of carbonyl (C=O) groups is 2. The van der Waals surface area contributed by atoms with Crippen LogP contribution in [0.3, 0.4) is 0 Å². The molecule has 28 heavy (non-hydrogen) atoms. The van der Waals surface area contributed by atoms with Crippen molar-refractivity contribution < 1.29 is 14.7 Å². The van der Waals surface area contributed by atoms with E-state index in [0.717, 1.165) is 4.57 Å². The maximum atomic E-state index is 12.7. The van der Waals surface area contributed by atoms with Gasteiger partial charge >= 0.3 is 5.97 Å². The molecular weight excluding hydrogens is 380 g/mol. The number of para-hydroxylation sites is 1. The predicted octanol–water partition coefficient (Wildman–Crippen LogP) is 2.48. The van der Waals surface area contributed by atoms with Gasteiger partial charge in [0, 0.05) is 18.8 Å². The Labute approximate surface area is 164 Å². The maximum absolute atomic E-state index is 12.7. The Morgan fingerprint density at radius 1 is 1.25 bits per heavy atom. The van der Waals surface area contributed by atoms with Gasteiger partial charge in [-0.15, -0.1) is 11.3 Å². The van der Waals surface area contributed by atoms with Gasteiger partial charge in [0.05, 0.1) is 16.6 Å². The van der Waals surface area contributed by atoms with Crippen LogP contribution in [-0.4, -0.2) is 38.1 Å². The molecule has 0 aliphatic carbocycles. The predicted molar refractivity (Wildman–Crippen MR) is 108 cm³/mol. The number of carbonyl (C=O) groups excluding carboxylic acids is 1. The summed E-state index contributed by atoms with van der Waals surface area (Å²) >= 11 is 1.33. The maximum Gasteiger partial charge on any atom is 0.323 e. The summed E-state index contributed by atoms with van der Waals surface area (Å²) in [6, 6.07) is 6.78. The smallest absolute Gasteiger partial charge is 0.323 e. The van der Waals surface area contributed by atoms with E-state index in [-0.39, 0.29) is 11.7 Å². The van der Waals surface area contributed by atoms with Crippen LogP contribution in [0.4, 0.5) is 5.13 Å². The van der Waals surface area contributed by atoms with Gasteiger partial charge in [-0.25, -0.2) is 9.97 Å². The molecule has 3 aromatic rings. The lowest BCUT2D eigenvalue weighted by molar-refractivity contribution is -0.137. The van der Waals surface area contributed by atoms with Crippen LogP contribution < -0.4 is 10.5 Å². The van der Waals surface area contributed by atoms with E-state index in [4.69, 9.17) is 5.11 Å². The molecule has 1 amide bonds. The topological polar surface area (TPSA) is 105 Å². The minimum atomic E-state index is -1.13. The molecule has 0 saturated heterocycles. The Morgan fingerprint density at radius 3 is 2.68 bits per heavy atom. The van der Waals surface area contributed by atoms with Crippen molar-refractivity contribution in [2.45, 2.75) is 20.4 Å². The summed E-state index contributed by atoms with van der Waals surface area (Å²) in [6.45, 7) is 3.36. The first-order chi connectivity index (χ1) is 13.4. The number of hydrogen-bond donors (Lipinski definition) is 1. The van der Waals surface area contributed by atoms with Crippen molar-refractivity contribution in [3.8, 4) is 0 Å². The fraction of sp³-hybridized carbons (Fsp3) is 0.211. The molecule has 0 unspecified atom stereocenters. The Balaban J connectivity index is 2.02. The number of amides is 1. The third-order valence-electron chi connectivity index (χ3n) is 4.02. The van der Waals surface area contributed by atoms with Crippen molar-refractivity contribution in [1.82, 2.24) is 14.5 Å². The van der Waals surface area contributed by atoms with E-state index >= 15 is 0 Å². The lowest BCUT2D eigenvalue weighted by Gasteiger charge is -2.14. The van der Waals surface area contributed by atoms with E-state index < -0.39 is 18.1 Å².